The van der Waals surface area contributed by atoms with E-state index in [0.717, 1.165) is 5.56 Å². The van der Waals surface area contributed by atoms with Crippen LogP contribution in [0.25, 0.3) is 11.3 Å². The van der Waals surface area contributed by atoms with Crippen molar-refractivity contribution in [3.05, 3.63) is 96.6 Å². The van der Waals surface area contributed by atoms with Crippen molar-refractivity contribution >= 4 is 15.8 Å². The van der Waals surface area contributed by atoms with Gasteiger partial charge in [-0.2, -0.15) is 14.5 Å². The Bertz CT molecular complexity index is 1250. The van der Waals surface area contributed by atoms with Crippen molar-refractivity contribution in [2.75, 3.05) is 0 Å². The second kappa shape index (κ2) is 8.99. The van der Waals surface area contributed by atoms with Gasteiger partial charge in [0.1, 0.15) is 10.7 Å². The zero-order valence-corrected chi connectivity index (χ0v) is 17.3. The van der Waals surface area contributed by atoms with E-state index in [-0.39, 0.29) is 23.8 Å². The van der Waals surface area contributed by atoms with E-state index in [0.29, 0.717) is 17.1 Å². The Labute approximate surface area is 180 Å². The molecule has 0 aliphatic carbocycles. The van der Waals surface area contributed by atoms with Crippen molar-refractivity contribution in [3.63, 3.8) is 0 Å². The maximum Gasteiger partial charge on any atom is 0.245 e. The Morgan fingerprint density at radius 3 is 2.29 bits per heavy atom. The normalized spacial score (nSPS) is 11.5. The number of nitrogens with one attached hydrogen (secondary N) is 1. The first-order valence-electron chi connectivity index (χ1n) is 9.48. The monoisotopic (exact) mass is 431 g/mol. The van der Waals surface area contributed by atoms with Gasteiger partial charge in [0, 0.05) is 18.0 Å². The summed E-state index contributed by atoms with van der Waals surface area (Å²) < 4.78 is 27.8. The topological polar surface area (TPSA) is 113 Å². The Morgan fingerprint density at radius 2 is 1.61 bits per heavy atom. The van der Waals surface area contributed by atoms with E-state index in [4.69, 9.17) is 5.73 Å². The van der Waals surface area contributed by atoms with Gasteiger partial charge < -0.3 is 0 Å². The summed E-state index contributed by atoms with van der Waals surface area (Å²) in [6, 6.07) is 21.2. The molecule has 0 aliphatic rings. The largest absolute Gasteiger partial charge is 0.283 e. The molecule has 155 valence electrons. The first-order valence-corrected chi connectivity index (χ1v) is 10.9. The lowest BCUT2D eigenvalue weighted by Gasteiger charge is -2.21. The number of hydrogen-bond donors (Lipinski definition) is 0. The van der Waals surface area contributed by atoms with Gasteiger partial charge in [0.2, 0.25) is 10.0 Å². The molecule has 0 aliphatic heterocycles. The van der Waals surface area contributed by atoms with Crippen LogP contribution < -0.4 is 5.73 Å². The quantitative estimate of drug-likeness (QED) is 0.444. The molecule has 0 saturated carbocycles. The van der Waals surface area contributed by atoms with E-state index in [9.17, 15) is 8.42 Å². The summed E-state index contributed by atoms with van der Waals surface area (Å²) in [6.07, 6.45) is 2.82. The molecule has 31 heavy (non-hydrogen) atoms. The second-order valence-corrected chi connectivity index (χ2v) is 8.69. The highest BCUT2D eigenvalue weighted by molar-refractivity contribution is 7.89. The van der Waals surface area contributed by atoms with Gasteiger partial charge in [-0.05, 0) is 36.4 Å². The summed E-state index contributed by atoms with van der Waals surface area (Å²) in [7, 11) is -3.87. The molecule has 4 rings (SSSR count). The molecule has 3 aromatic heterocycles. The minimum Gasteiger partial charge on any atom is -0.283 e. The number of rotatable bonds is 7. The third-order valence-electron chi connectivity index (χ3n) is 4.54. The fourth-order valence-electron chi connectivity index (χ4n) is 3.01. The summed E-state index contributed by atoms with van der Waals surface area (Å²) in [4.78, 5) is 8.13. The molecule has 9 heteroatoms. The minimum absolute atomic E-state index is 0.00318. The average Bonchev–Trinajstić information content (AvgIpc) is 2.80. The highest BCUT2D eigenvalue weighted by Gasteiger charge is 2.26. The smallest absolute Gasteiger partial charge is 0.245 e. The Morgan fingerprint density at radius 1 is 0.806 bits per heavy atom. The van der Waals surface area contributed by atoms with Crippen LogP contribution >= 0.6 is 0 Å². The summed E-state index contributed by atoms with van der Waals surface area (Å²) in [5, 5.41) is 8.48. The lowest BCUT2D eigenvalue weighted by molar-refractivity contribution is 0.391. The van der Waals surface area contributed by atoms with Crippen molar-refractivity contribution in [1.82, 2.24) is 30.2 Å². The molecule has 0 amide bonds. The fraction of sp³-hybridized carbons (Fsp3) is 0.0909. The zero-order valence-electron chi connectivity index (χ0n) is 16.5. The third kappa shape index (κ3) is 4.90. The van der Waals surface area contributed by atoms with Crippen LogP contribution in [0.2, 0.25) is 0 Å². The minimum atomic E-state index is -3.87. The number of sulfonamides is 1. The van der Waals surface area contributed by atoms with Crippen LogP contribution in [-0.2, 0) is 23.1 Å². The van der Waals surface area contributed by atoms with E-state index in [1.165, 1.54) is 28.8 Å². The van der Waals surface area contributed by atoms with Crippen molar-refractivity contribution < 1.29 is 8.42 Å². The number of nitrogens with zero attached hydrogens (tertiary/aromatic N) is 5. The number of benzene rings is 1. The molecule has 3 heterocycles. The molecule has 8 nitrogen and oxygen atoms in total. The van der Waals surface area contributed by atoms with Crippen LogP contribution in [0.15, 0.2) is 90.1 Å². The van der Waals surface area contributed by atoms with Crippen LogP contribution in [0, 0.1) is 0 Å². The SMILES string of the molecule is [NH]c1cccc(CN(Cc2ccc(-c3ccccc3)nn2)S(=O)(=O)c2cccnc2)n1. The van der Waals surface area contributed by atoms with Crippen molar-refractivity contribution in [2.45, 2.75) is 18.0 Å². The Hall–Kier alpha value is -3.69. The third-order valence-corrected chi connectivity index (χ3v) is 6.32. The van der Waals surface area contributed by atoms with Crippen LogP contribution in [0.5, 0.6) is 0 Å². The van der Waals surface area contributed by atoms with Gasteiger partial charge >= 0.3 is 0 Å². The first kappa shape index (κ1) is 20.6. The highest BCUT2D eigenvalue weighted by Crippen LogP contribution is 2.21. The van der Waals surface area contributed by atoms with E-state index >= 15 is 0 Å². The van der Waals surface area contributed by atoms with Crippen LogP contribution in [0.4, 0.5) is 5.82 Å². The Balaban J connectivity index is 1.64. The molecular formula is C22H19N6O2S. The van der Waals surface area contributed by atoms with Gasteiger partial charge in [-0.15, -0.1) is 0 Å². The number of pyridine rings is 2. The molecule has 1 aromatic carbocycles. The number of hydrogen-bond acceptors (Lipinski definition) is 6. The summed E-state index contributed by atoms with van der Waals surface area (Å²) in [5.41, 5.74) is 10.3. The van der Waals surface area contributed by atoms with Gasteiger partial charge in [-0.1, -0.05) is 36.4 Å². The predicted octanol–water partition coefficient (Wildman–Crippen LogP) is 3.24. The number of aromatic nitrogens is 4. The van der Waals surface area contributed by atoms with E-state index in [1.807, 2.05) is 36.4 Å². The van der Waals surface area contributed by atoms with E-state index in [2.05, 4.69) is 20.2 Å². The van der Waals surface area contributed by atoms with Crippen LogP contribution in [0.1, 0.15) is 11.4 Å². The maximum absolute atomic E-state index is 13.3. The summed E-state index contributed by atoms with van der Waals surface area (Å²) >= 11 is 0. The van der Waals surface area contributed by atoms with Gasteiger partial charge in [-0.25, -0.2) is 13.4 Å². The van der Waals surface area contributed by atoms with Gasteiger partial charge in [0.05, 0.1) is 30.2 Å². The average molecular weight is 432 g/mol. The zero-order chi connectivity index (χ0) is 21.7. The second-order valence-electron chi connectivity index (χ2n) is 6.75. The molecule has 0 atom stereocenters. The molecule has 1 radical (unpaired) electrons. The standard InChI is InChI=1S/C22H19N6O2S/c23-22-10-4-8-18(25-22)15-28(31(29,30)20-9-5-13-24-14-20)16-19-11-12-21(27-26-19)17-6-2-1-3-7-17/h1-14,23H,15-16H2. The Kier molecular flexibility index (Phi) is 5.96. The van der Waals surface area contributed by atoms with Gasteiger partial charge in [0.15, 0.2) is 0 Å². The molecule has 0 fully saturated rings. The highest BCUT2D eigenvalue weighted by atomic mass is 32.2. The molecule has 0 bridgehead atoms. The van der Waals surface area contributed by atoms with E-state index in [1.54, 1.807) is 24.3 Å². The van der Waals surface area contributed by atoms with Crippen LogP contribution in [-0.4, -0.2) is 32.9 Å². The fourth-order valence-corrected chi connectivity index (χ4v) is 4.36. The summed E-state index contributed by atoms with van der Waals surface area (Å²) in [5.74, 6) is 0.0724. The molecule has 1 N–H and O–H groups in total. The molecule has 0 spiro atoms. The van der Waals surface area contributed by atoms with Crippen molar-refractivity contribution in [1.29, 1.82) is 0 Å². The van der Waals surface area contributed by atoms with E-state index < -0.39 is 10.0 Å². The summed E-state index contributed by atoms with van der Waals surface area (Å²) in [6.45, 7) is -0.00469. The lowest BCUT2D eigenvalue weighted by atomic mass is 10.1. The van der Waals surface area contributed by atoms with Crippen LogP contribution in [0.3, 0.4) is 0 Å². The molecule has 0 unspecified atom stereocenters. The van der Waals surface area contributed by atoms with Crippen molar-refractivity contribution in [2.24, 2.45) is 0 Å². The first-order chi connectivity index (χ1) is 15.0. The van der Waals surface area contributed by atoms with Crippen molar-refractivity contribution in [3.8, 4) is 11.3 Å². The molecule has 4 aromatic rings. The molecule has 0 saturated heterocycles. The lowest BCUT2D eigenvalue weighted by Crippen LogP contribution is -2.31. The predicted molar refractivity (Wildman–Crippen MR) is 115 cm³/mol. The maximum atomic E-state index is 13.3. The van der Waals surface area contributed by atoms with Gasteiger partial charge in [-0.3, -0.25) is 10.7 Å². The molecular weight excluding hydrogens is 412 g/mol. The van der Waals surface area contributed by atoms with Gasteiger partial charge in [0.25, 0.3) is 0 Å².